The van der Waals surface area contributed by atoms with Crippen LogP contribution in [0.15, 0.2) is 78.9 Å². The molecule has 0 bridgehead atoms. The smallest absolute Gasteiger partial charge is 0.231 e. The third kappa shape index (κ3) is 5.18. The Balaban J connectivity index is 1.66. The van der Waals surface area contributed by atoms with Crippen LogP contribution in [0.3, 0.4) is 0 Å². The Labute approximate surface area is 189 Å². The molecule has 2 amide bonds. The predicted octanol–water partition coefficient (Wildman–Crippen LogP) is 5.24. The zero-order valence-corrected chi connectivity index (χ0v) is 18.3. The van der Waals surface area contributed by atoms with Crippen molar-refractivity contribution in [2.75, 3.05) is 4.90 Å². The van der Waals surface area contributed by atoms with Gasteiger partial charge in [0.15, 0.2) is 5.13 Å². The number of nitrogens with zero attached hydrogens (tertiary/aromatic N) is 2. The summed E-state index contributed by atoms with van der Waals surface area (Å²) in [7, 11) is 0. The maximum Gasteiger partial charge on any atom is 0.231 e. The largest absolute Gasteiger partial charge is 0.349 e. The van der Waals surface area contributed by atoms with Crippen LogP contribution in [0.1, 0.15) is 30.5 Å². The molecule has 4 rings (SSSR count). The van der Waals surface area contributed by atoms with Crippen molar-refractivity contribution in [1.29, 1.82) is 0 Å². The van der Waals surface area contributed by atoms with E-state index in [0.29, 0.717) is 5.13 Å². The van der Waals surface area contributed by atoms with E-state index in [-0.39, 0.29) is 30.6 Å². The molecule has 0 spiro atoms. The number of hydrogen-bond acceptors (Lipinski definition) is 4. The van der Waals surface area contributed by atoms with Crippen LogP contribution in [0, 0.1) is 5.82 Å². The fraction of sp³-hybridized carbons (Fsp3) is 0.160. The second-order valence-corrected chi connectivity index (χ2v) is 8.45. The topological polar surface area (TPSA) is 62.3 Å². The van der Waals surface area contributed by atoms with Crippen molar-refractivity contribution >= 4 is 38.5 Å². The number of thiazole rings is 1. The summed E-state index contributed by atoms with van der Waals surface area (Å²) in [6.45, 7) is 1.69. The van der Waals surface area contributed by atoms with Crippen LogP contribution in [0.5, 0.6) is 0 Å². The van der Waals surface area contributed by atoms with Crippen LogP contribution in [0.2, 0.25) is 0 Å². The summed E-state index contributed by atoms with van der Waals surface area (Å²) in [5, 5.41) is 3.44. The van der Waals surface area contributed by atoms with Crippen LogP contribution >= 0.6 is 11.3 Å². The minimum absolute atomic E-state index is 0.0702. The Kier molecular flexibility index (Phi) is 6.56. The molecule has 1 heterocycles. The molecule has 0 fully saturated rings. The molecule has 4 aromatic rings. The van der Waals surface area contributed by atoms with Gasteiger partial charge >= 0.3 is 0 Å². The van der Waals surface area contributed by atoms with E-state index in [9.17, 15) is 14.0 Å². The predicted molar refractivity (Wildman–Crippen MR) is 125 cm³/mol. The number of hydrogen-bond donors (Lipinski definition) is 1. The number of carbonyl (C=O) groups excluding carboxylic acids is 2. The van der Waals surface area contributed by atoms with Crippen molar-refractivity contribution < 1.29 is 14.0 Å². The lowest BCUT2D eigenvalue weighted by molar-refractivity contribution is -0.121. The average Bonchev–Trinajstić information content (AvgIpc) is 3.22. The summed E-state index contributed by atoms with van der Waals surface area (Å²) < 4.78 is 14.4. The molecule has 3 aromatic carbocycles. The second kappa shape index (κ2) is 9.70. The molecule has 0 aliphatic heterocycles. The Morgan fingerprint density at radius 1 is 1.00 bits per heavy atom. The summed E-state index contributed by atoms with van der Waals surface area (Å²) in [4.78, 5) is 31.6. The molecule has 1 unspecified atom stereocenters. The molecular weight excluding hydrogens is 425 g/mol. The Hall–Kier alpha value is -3.58. The Bertz CT molecular complexity index is 1190. The molecule has 0 saturated carbocycles. The number of anilines is 1. The number of rotatable bonds is 7. The van der Waals surface area contributed by atoms with Gasteiger partial charge in [-0.25, -0.2) is 9.37 Å². The molecular formula is C25H22FN3O2S. The number of benzene rings is 3. The molecule has 1 N–H and O–H groups in total. The highest BCUT2D eigenvalue weighted by atomic mass is 32.1. The third-order valence-electron chi connectivity index (χ3n) is 5.03. The molecule has 0 aliphatic carbocycles. The van der Waals surface area contributed by atoms with Crippen LogP contribution < -0.4 is 10.2 Å². The normalized spacial score (nSPS) is 11.8. The van der Waals surface area contributed by atoms with Crippen molar-refractivity contribution in [2.24, 2.45) is 0 Å². The van der Waals surface area contributed by atoms with E-state index in [2.05, 4.69) is 10.3 Å². The summed E-state index contributed by atoms with van der Waals surface area (Å²) in [6, 6.07) is 22.7. The van der Waals surface area contributed by atoms with E-state index in [1.807, 2.05) is 54.6 Å². The number of fused-ring (bicyclic) bond motifs is 1. The van der Waals surface area contributed by atoms with Gasteiger partial charge in [-0.2, -0.15) is 0 Å². The van der Waals surface area contributed by atoms with E-state index in [4.69, 9.17) is 0 Å². The van der Waals surface area contributed by atoms with Gasteiger partial charge in [0, 0.05) is 6.92 Å². The van der Waals surface area contributed by atoms with E-state index in [1.54, 1.807) is 17.0 Å². The van der Waals surface area contributed by atoms with Crippen molar-refractivity contribution in [3.05, 3.63) is 95.8 Å². The van der Waals surface area contributed by atoms with Crippen molar-refractivity contribution in [1.82, 2.24) is 10.3 Å². The maximum atomic E-state index is 13.5. The van der Waals surface area contributed by atoms with Gasteiger partial charge in [-0.1, -0.05) is 65.9 Å². The first kappa shape index (κ1) is 21.6. The van der Waals surface area contributed by atoms with Crippen LogP contribution in [-0.4, -0.2) is 16.8 Å². The number of halogens is 1. The van der Waals surface area contributed by atoms with E-state index >= 15 is 0 Å². The lowest BCUT2D eigenvalue weighted by Crippen LogP contribution is -2.35. The lowest BCUT2D eigenvalue weighted by atomic mass is 10.0. The highest BCUT2D eigenvalue weighted by Crippen LogP contribution is 2.31. The van der Waals surface area contributed by atoms with Gasteiger partial charge in [0.25, 0.3) is 0 Å². The minimum atomic E-state index is -0.466. The van der Waals surface area contributed by atoms with Gasteiger partial charge in [-0.3, -0.25) is 14.5 Å². The number of amides is 2. The quantitative estimate of drug-likeness (QED) is 0.422. The van der Waals surface area contributed by atoms with Gasteiger partial charge in [-0.05, 0) is 35.4 Å². The van der Waals surface area contributed by atoms with Gasteiger partial charge in [0.2, 0.25) is 11.8 Å². The maximum absolute atomic E-state index is 13.5. The lowest BCUT2D eigenvalue weighted by Gasteiger charge is -2.24. The highest BCUT2D eigenvalue weighted by molar-refractivity contribution is 7.22. The van der Waals surface area contributed by atoms with Gasteiger partial charge in [-0.15, -0.1) is 0 Å². The zero-order chi connectivity index (χ0) is 22.5. The summed E-state index contributed by atoms with van der Waals surface area (Å²) in [6.07, 6.45) is 0.0702. The monoisotopic (exact) mass is 447 g/mol. The standard InChI is InChI=1S/C25H22FN3O2S/c1-17(30)27-22(19-7-3-2-4-8-19)15-24(31)29(16-18-11-13-20(26)14-12-18)25-28-21-9-5-6-10-23(21)32-25/h2-14,22H,15-16H2,1H3,(H,27,30). The zero-order valence-electron chi connectivity index (χ0n) is 17.5. The molecule has 7 heteroatoms. The summed E-state index contributed by atoms with van der Waals surface area (Å²) >= 11 is 1.43. The molecule has 1 aromatic heterocycles. The first-order valence-electron chi connectivity index (χ1n) is 10.2. The fourth-order valence-electron chi connectivity index (χ4n) is 3.48. The van der Waals surface area contributed by atoms with Gasteiger partial charge < -0.3 is 5.32 Å². The number of nitrogens with one attached hydrogen (secondary N) is 1. The molecule has 32 heavy (non-hydrogen) atoms. The second-order valence-electron chi connectivity index (χ2n) is 7.44. The minimum Gasteiger partial charge on any atom is -0.349 e. The van der Waals surface area contributed by atoms with Crippen molar-refractivity contribution in [3.63, 3.8) is 0 Å². The number of carbonyl (C=O) groups is 2. The first-order valence-corrected chi connectivity index (χ1v) is 11.0. The summed E-state index contributed by atoms with van der Waals surface area (Å²) in [5.74, 6) is -0.728. The van der Waals surface area contributed by atoms with Gasteiger partial charge in [0.1, 0.15) is 5.82 Å². The molecule has 5 nitrogen and oxygen atoms in total. The van der Waals surface area contributed by atoms with E-state index in [1.165, 1.54) is 30.4 Å². The van der Waals surface area contributed by atoms with Crippen molar-refractivity contribution in [3.8, 4) is 0 Å². The van der Waals surface area contributed by atoms with E-state index < -0.39 is 6.04 Å². The van der Waals surface area contributed by atoms with Crippen LogP contribution in [-0.2, 0) is 16.1 Å². The van der Waals surface area contributed by atoms with Crippen LogP contribution in [0.25, 0.3) is 10.2 Å². The number of aromatic nitrogens is 1. The Morgan fingerprint density at radius 2 is 1.69 bits per heavy atom. The molecule has 162 valence electrons. The first-order chi connectivity index (χ1) is 15.5. The third-order valence-corrected chi connectivity index (χ3v) is 6.09. The Morgan fingerprint density at radius 3 is 2.38 bits per heavy atom. The highest BCUT2D eigenvalue weighted by Gasteiger charge is 2.25. The van der Waals surface area contributed by atoms with Crippen LogP contribution in [0.4, 0.5) is 9.52 Å². The SMILES string of the molecule is CC(=O)NC(CC(=O)N(Cc1ccc(F)cc1)c1nc2ccccc2s1)c1ccccc1. The molecule has 0 saturated heterocycles. The molecule has 1 atom stereocenters. The molecule has 0 aliphatic rings. The molecule has 0 radical (unpaired) electrons. The average molecular weight is 448 g/mol. The van der Waals surface area contributed by atoms with Gasteiger partial charge in [0.05, 0.1) is 29.2 Å². The van der Waals surface area contributed by atoms with E-state index in [0.717, 1.165) is 21.3 Å². The fourth-order valence-corrected chi connectivity index (χ4v) is 4.46. The number of para-hydroxylation sites is 1. The van der Waals surface area contributed by atoms with Crippen molar-refractivity contribution in [2.45, 2.75) is 25.9 Å². The summed E-state index contributed by atoms with van der Waals surface area (Å²) in [5.41, 5.74) is 2.45.